The Kier molecular flexibility index (Phi) is 4.63. The van der Waals surface area contributed by atoms with Crippen LogP contribution in [0.2, 0.25) is 5.32 Å². The fraction of sp³-hybridized carbons (Fsp3) is 0.300. The van der Waals surface area contributed by atoms with Crippen molar-refractivity contribution in [3.8, 4) is 0 Å². The van der Waals surface area contributed by atoms with Crippen molar-refractivity contribution in [2.45, 2.75) is 17.1 Å². The van der Waals surface area contributed by atoms with E-state index in [2.05, 4.69) is 0 Å². The van der Waals surface area contributed by atoms with Gasteiger partial charge in [-0.15, -0.1) is 0 Å². The van der Waals surface area contributed by atoms with Crippen molar-refractivity contribution in [2.75, 3.05) is 0 Å². The summed E-state index contributed by atoms with van der Waals surface area (Å²) in [5, 5.41) is 9.92. The topological polar surface area (TPSA) is 37.3 Å². The van der Waals surface area contributed by atoms with Crippen LogP contribution in [0.5, 0.6) is 0 Å². The molecular weight excluding hydrogens is 250 g/mol. The molecule has 1 N–H and O–H groups in total. The Morgan fingerprint density at radius 1 is 1.50 bits per heavy atom. The maximum atomic E-state index is 12.7. The van der Waals surface area contributed by atoms with Crippen LogP contribution >= 0.6 is 0 Å². The zero-order valence-electron chi connectivity index (χ0n) is 7.57. The summed E-state index contributed by atoms with van der Waals surface area (Å²) >= 11 is 0.256. The molecule has 76 valence electrons. The van der Waals surface area contributed by atoms with Crippen LogP contribution in [0.15, 0.2) is 24.3 Å². The maximum absolute atomic E-state index is 12.7. The Bertz CT molecular complexity index is 315. The van der Waals surface area contributed by atoms with Crippen LogP contribution < -0.4 is 0 Å². The molecule has 0 heterocycles. The molecule has 0 saturated carbocycles. The van der Waals surface area contributed by atoms with Crippen molar-refractivity contribution < 1.29 is 14.3 Å². The van der Waals surface area contributed by atoms with Crippen molar-refractivity contribution in [3.05, 3.63) is 35.6 Å². The molecule has 0 saturated heterocycles. The van der Waals surface area contributed by atoms with E-state index in [1.807, 2.05) is 6.07 Å². The van der Waals surface area contributed by atoms with Crippen molar-refractivity contribution in [1.82, 2.24) is 0 Å². The molecule has 0 aliphatic carbocycles. The van der Waals surface area contributed by atoms with Gasteiger partial charge in [0.15, 0.2) is 0 Å². The van der Waals surface area contributed by atoms with Crippen LogP contribution in [0, 0.1) is 5.82 Å². The number of halogens is 1. The van der Waals surface area contributed by atoms with Gasteiger partial charge < -0.3 is 0 Å². The Balaban J connectivity index is 2.28. The molecule has 4 heteroatoms. The van der Waals surface area contributed by atoms with Crippen LogP contribution in [-0.4, -0.2) is 26.0 Å². The number of carbonyl (C=O) groups is 1. The molecule has 1 aromatic carbocycles. The average Bonchev–Trinajstić information content (AvgIpc) is 2.12. The van der Waals surface area contributed by atoms with Gasteiger partial charge in [-0.25, -0.2) is 0 Å². The third-order valence-corrected chi connectivity index (χ3v) is 3.78. The van der Waals surface area contributed by atoms with Crippen LogP contribution in [-0.2, 0) is 10.1 Å². The number of rotatable bonds is 5. The van der Waals surface area contributed by atoms with Crippen LogP contribution in [0.25, 0.3) is 0 Å². The van der Waals surface area contributed by atoms with Gasteiger partial charge in [0.2, 0.25) is 0 Å². The Labute approximate surface area is 88.3 Å². The standard InChI is InChI=1S/C10H11FO2Se/c11-9-3-1-2-8(6-9)7-14-5-4-10(12)13/h1-3,6H,4-5,7H2,(H,12,13). The Morgan fingerprint density at radius 2 is 2.29 bits per heavy atom. The van der Waals surface area contributed by atoms with E-state index in [0.717, 1.165) is 10.9 Å². The summed E-state index contributed by atoms with van der Waals surface area (Å²) in [6.07, 6.45) is 0.218. The first-order valence-corrected chi connectivity index (χ1v) is 6.65. The first-order valence-electron chi connectivity index (χ1n) is 4.22. The number of hydrogen-bond acceptors (Lipinski definition) is 1. The van der Waals surface area contributed by atoms with Gasteiger partial charge in [-0.1, -0.05) is 0 Å². The second-order valence-corrected chi connectivity index (χ2v) is 5.14. The molecule has 0 amide bonds. The van der Waals surface area contributed by atoms with Gasteiger partial charge in [0.05, 0.1) is 0 Å². The molecule has 0 unspecified atom stereocenters. The van der Waals surface area contributed by atoms with Gasteiger partial charge >= 0.3 is 87.9 Å². The second-order valence-electron chi connectivity index (χ2n) is 2.83. The zero-order chi connectivity index (χ0) is 10.4. The normalized spacial score (nSPS) is 10.1. The molecule has 0 fully saturated rings. The van der Waals surface area contributed by atoms with Gasteiger partial charge in [-0.3, -0.25) is 0 Å². The molecule has 0 spiro atoms. The third kappa shape index (κ3) is 4.40. The van der Waals surface area contributed by atoms with Crippen molar-refractivity contribution in [2.24, 2.45) is 0 Å². The molecule has 2 nitrogen and oxygen atoms in total. The average molecular weight is 261 g/mol. The van der Waals surface area contributed by atoms with Gasteiger partial charge in [-0.2, -0.15) is 0 Å². The van der Waals surface area contributed by atoms with E-state index in [4.69, 9.17) is 5.11 Å². The number of carboxylic acid groups (broad SMARTS) is 1. The summed E-state index contributed by atoms with van der Waals surface area (Å²) in [4.78, 5) is 10.2. The Hall–Kier alpha value is -0.861. The first kappa shape index (κ1) is 11.2. The van der Waals surface area contributed by atoms with E-state index in [1.165, 1.54) is 12.1 Å². The number of hydrogen-bond donors (Lipinski definition) is 1. The summed E-state index contributed by atoms with van der Waals surface area (Å²) in [5.74, 6) is -0.984. The minimum atomic E-state index is -0.758. The van der Waals surface area contributed by atoms with E-state index in [-0.39, 0.29) is 27.2 Å². The van der Waals surface area contributed by atoms with E-state index in [0.29, 0.717) is 5.32 Å². The summed E-state index contributed by atoms with van der Waals surface area (Å²) < 4.78 is 12.7. The molecule has 0 aromatic heterocycles. The summed E-state index contributed by atoms with van der Waals surface area (Å²) in [7, 11) is 0. The SMILES string of the molecule is O=C(O)CC[Se]Cc1cccc(F)c1. The van der Waals surface area contributed by atoms with Gasteiger partial charge in [0, 0.05) is 0 Å². The third-order valence-electron chi connectivity index (χ3n) is 1.62. The number of carboxylic acids is 1. The fourth-order valence-corrected chi connectivity index (χ4v) is 2.82. The molecule has 1 aromatic rings. The summed E-state index contributed by atoms with van der Waals surface area (Å²) in [6.45, 7) is 0. The van der Waals surface area contributed by atoms with Gasteiger partial charge in [0.1, 0.15) is 0 Å². The fourth-order valence-electron chi connectivity index (χ4n) is 0.976. The summed E-state index contributed by atoms with van der Waals surface area (Å²) in [5.41, 5.74) is 0.954. The van der Waals surface area contributed by atoms with Crippen LogP contribution in [0.4, 0.5) is 4.39 Å². The molecule has 0 bridgehead atoms. The van der Waals surface area contributed by atoms with Crippen LogP contribution in [0.1, 0.15) is 12.0 Å². The van der Waals surface area contributed by atoms with Crippen LogP contribution in [0.3, 0.4) is 0 Å². The number of aliphatic carboxylic acids is 1. The van der Waals surface area contributed by atoms with E-state index >= 15 is 0 Å². The quantitative estimate of drug-likeness (QED) is 0.649. The Morgan fingerprint density at radius 3 is 2.93 bits per heavy atom. The van der Waals surface area contributed by atoms with E-state index in [1.54, 1.807) is 6.07 Å². The zero-order valence-corrected chi connectivity index (χ0v) is 9.29. The van der Waals surface area contributed by atoms with Gasteiger partial charge in [0.25, 0.3) is 0 Å². The molecule has 0 atom stereocenters. The van der Waals surface area contributed by atoms with Gasteiger partial charge in [-0.05, 0) is 0 Å². The molecular formula is C10H11FO2Se. The van der Waals surface area contributed by atoms with Crippen molar-refractivity contribution in [3.63, 3.8) is 0 Å². The predicted octanol–water partition coefficient (Wildman–Crippen LogP) is 1.92. The molecule has 0 aliphatic rings. The second kappa shape index (κ2) is 5.78. The molecule has 1 rings (SSSR count). The van der Waals surface area contributed by atoms with Crippen molar-refractivity contribution in [1.29, 1.82) is 0 Å². The van der Waals surface area contributed by atoms with E-state index < -0.39 is 5.97 Å². The molecule has 14 heavy (non-hydrogen) atoms. The van der Waals surface area contributed by atoms with Crippen molar-refractivity contribution >= 4 is 20.9 Å². The summed E-state index contributed by atoms with van der Waals surface area (Å²) in [6, 6.07) is 6.46. The molecule has 0 radical (unpaired) electrons. The van der Waals surface area contributed by atoms with E-state index in [9.17, 15) is 9.18 Å². The predicted molar refractivity (Wildman–Crippen MR) is 52.9 cm³/mol. The molecule has 0 aliphatic heterocycles. The minimum absolute atomic E-state index is 0.218. The number of benzene rings is 1. The first-order chi connectivity index (χ1) is 6.68. The monoisotopic (exact) mass is 262 g/mol.